The minimum Gasteiger partial charge on any atom is -0.458 e. The van der Waals surface area contributed by atoms with Gasteiger partial charge in [-0.1, -0.05) is 13.3 Å². The number of nitrogens with zero attached hydrogens (tertiary/aromatic N) is 1. The van der Waals surface area contributed by atoms with Crippen molar-refractivity contribution in [2.75, 3.05) is 0 Å². The summed E-state index contributed by atoms with van der Waals surface area (Å²) in [7, 11) is 0. The van der Waals surface area contributed by atoms with Crippen LogP contribution in [-0.4, -0.2) is 17.1 Å². The Kier molecular flexibility index (Phi) is 4.28. The number of ether oxygens (including phenoxy) is 1. The van der Waals surface area contributed by atoms with Gasteiger partial charge in [-0.3, -0.25) is 0 Å². The second kappa shape index (κ2) is 5.94. The van der Waals surface area contributed by atoms with E-state index in [-0.39, 0.29) is 11.7 Å². The molecule has 1 aromatic rings. The van der Waals surface area contributed by atoms with Gasteiger partial charge in [0.2, 0.25) is 5.95 Å². The van der Waals surface area contributed by atoms with Crippen LogP contribution in [0.3, 0.4) is 0 Å². The van der Waals surface area contributed by atoms with Crippen LogP contribution in [0.4, 0.5) is 4.39 Å². The number of halogens is 1. The summed E-state index contributed by atoms with van der Waals surface area (Å²) in [6.07, 6.45) is 6.47. The zero-order chi connectivity index (χ0) is 13.0. The molecule has 2 rings (SSSR count). The van der Waals surface area contributed by atoms with E-state index in [1.54, 1.807) is 0 Å². The van der Waals surface area contributed by atoms with E-state index in [1.165, 1.54) is 24.8 Å². The number of carbonyl (C=O) groups excluding carboxylic acids is 1. The van der Waals surface area contributed by atoms with Gasteiger partial charge in [-0.15, -0.1) is 0 Å². The molecule has 0 radical (unpaired) electrons. The SMILES string of the molecule is CCC1CCCCC1OC(=O)c1cccnc1F. The maximum Gasteiger partial charge on any atom is 0.343 e. The molecular formula is C14H18FNO2. The number of carbonyl (C=O) groups is 1. The molecule has 1 aliphatic rings. The molecule has 0 amide bonds. The fraction of sp³-hybridized carbons (Fsp3) is 0.571. The lowest BCUT2D eigenvalue weighted by atomic mass is 9.85. The minimum absolute atomic E-state index is 0.0714. The molecule has 1 aromatic heterocycles. The normalized spacial score (nSPS) is 23.7. The Morgan fingerprint density at radius 3 is 3.00 bits per heavy atom. The third-order valence-electron chi connectivity index (χ3n) is 3.60. The summed E-state index contributed by atoms with van der Waals surface area (Å²) in [6, 6.07) is 2.95. The lowest BCUT2D eigenvalue weighted by Crippen LogP contribution is -2.30. The van der Waals surface area contributed by atoms with Gasteiger partial charge in [0.1, 0.15) is 11.7 Å². The molecular weight excluding hydrogens is 233 g/mol. The van der Waals surface area contributed by atoms with E-state index in [1.807, 2.05) is 0 Å². The van der Waals surface area contributed by atoms with E-state index in [0.29, 0.717) is 5.92 Å². The lowest BCUT2D eigenvalue weighted by Gasteiger charge is -2.30. The molecule has 98 valence electrons. The van der Waals surface area contributed by atoms with Crippen molar-refractivity contribution in [1.82, 2.24) is 4.98 Å². The third-order valence-corrected chi connectivity index (χ3v) is 3.60. The molecule has 0 saturated heterocycles. The summed E-state index contributed by atoms with van der Waals surface area (Å²) >= 11 is 0. The average molecular weight is 251 g/mol. The molecule has 4 heteroatoms. The Labute approximate surface area is 106 Å². The molecule has 0 aromatic carbocycles. The molecule has 1 heterocycles. The smallest absolute Gasteiger partial charge is 0.343 e. The van der Waals surface area contributed by atoms with Gasteiger partial charge in [0.15, 0.2) is 0 Å². The second-order valence-electron chi connectivity index (χ2n) is 4.74. The molecule has 1 saturated carbocycles. The predicted octanol–water partition coefficient (Wildman–Crippen LogP) is 3.35. The Hall–Kier alpha value is -1.45. The quantitative estimate of drug-likeness (QED) is 0.611. The maximum absolute atomic E-state index is 13.4. The highest BCUT2D eigenvalue weighted by Crippen LogP contribution is 2.29. The van der Waals surface area contributed by atoms with Crippen molar-refractivity contribution in [2.45, 2.75) is 45.1 Å². The maximum atomic E-state index is 13.4. The zero-order valence-corrected chi connectivity index (χ0v) is 10.6. The van der Waals surface area contributed by atoms with Gasteiger partial charge in [-0.05, 0) is 43.7 Å². The summed E-state index contributed by atoms with van der Waals surface area (Å²) in [5.74, 6) is -0.945. The van der Waals surface area contributed by atoms with Crippen molar-refractivity contribution >= 4 is 5.97 Å². The molecule has 1 fully saturated rings. The number of rotatable bonds is 3. The number of esters is 1. The van der Waals surface area contributed by atoms with Gasteiger partial charge in [0.05, 0.1) is 0 Å². The van der Waals surface area contributed by atoms with Crippen LogP contribution in [0.2, 0.25) is 0 Å². The summed E-state index contributed by atoms with van der Waals surface area (Å²) < 4.78 is 18.8. The lowest BCUT2D eigenvalue weighted by molar-refractivity contribution is 0.000186. The van der Waals surface area contributed by atoms with Gasteiger partial charge in [-0.25, -0.2) is 9.78 Å². The summed E-state index contributed by atoms with van der Waals surface area (Å²) in [5, 5.41) is 0. The zero-order valence-electron chi connectivity index (χ0n) is 10.6. The van der Waals surface area contributed by atoms with E-state index >= 15 is 0 Å². The fourth-order valence-electron chi connectivity index (χ4n) is 2.54. The minimum atomic E-state index is -0.758. The second-order valence-corrected chi connectivity index (χ2v) is 4.74. The number of pyridine rings is 1. The standard InChI is InChI=1S/C14H18FNO2/c1-2-10-6-3-4-8-12(10)18-14(17)11-7-5-9-16-13(11)15/h5,7,9-10,12H,2-4,6,8H2,1H3. The van der Waals surface area contributed by atoms with Gasteiger partial charge < -0.3 is 4.74 Å². The first-order valence-corrected chi connectivity index (χ1v) is 6.54. The Bertz CT molecular complexity index is 422. The molecule has 0 aliphatic heterocycles. The summed E-state index contributed by atoms with van der Waals surface area (Å²) in [5.41, 5.74) is -0.0714. The van der Waals surface area contributed by atoms with Crippen LogP contribution >= 0.6 is 0 Å². The van der Waals surface area contributed by atoms with Crippen LogP contribution in [0.15, 0.2) is 18.3 Å². The van der Waals surface area contributed by atoms with Gasteiger partial charge in [0.25, 0.3) is 0 Å². The van der Waals surface area contributed by atoms with Gasteiger partial charge in [-0.2, -0.15) is 4.39 Å². The van der Waals surface area contributed by atoms with Crippen molar-refractivity contribution in [3.05, 3.63) is 29.8 Å². The van der Waals surface area contributed by atoms with Crippen molar-refractivity contribution in [3.8, 4) is 0 Å². The summed E-state index contributed by atoms with van der Waals surface area (Å²) in [6.45, 7) is 2.10. The van der Waals surface area contributed by atoms with Crippen LogP contribution in [0.25, 0.3) is 0 Å². The van der Waals surface area contributed by atoms with Crippen molar-refractivity contribution < 1.29 is 13.9 Å². The highest BCUT2D eigenvalue weighted by molar-refractivity contribution is 5.89. The first-order valence-electron chi connectivity index (χ1n) is 6.54. The number of hydrogen-bond donors (Lipinski definition) is 0. The predicted molar refractivity (Wildman–Crippen MR) is 65.6 cm³/mol. The van der Waals surface area contributed by atoms with Crippen LogP contribution in [0.5, 0.6) is 0 Å². The molecule has 0 N–H and O–H groups in total. The Balaban J connectivity index is 2.04. The summed E-state index contributed by atoms with van der Waals surface area (Å²) in [4.78, 5) is 15.4. The molecule has 2 atom stereocenters. The van der Waals surface area contributed by atoms with E-state index in [4.69, 9.17) is 4.74 Å². The highest BCUT2D eigenvalue weighted by atomic mass is 19.1. The van der Waals surface area contributed by atoms with E-state index in [0.717, 1.165) is 25.7 Å². The molecule has 0 spiro atoms. The van der Waals surface area contributed by atoms with Crippen LogP contribution in [0, 0.1) is 11.9 Å². The first-order chi connectivity index (χ1) is 8.72. The van der Waals surface area contributed by atoms with E-state index in [2.05, 4.69) is 11.9 Å². The van der Waals surface area contributed by atoms with Crippen LogP contribution in [-0.2, 0) is 4.74 Å². The van der Waals surface area contributed by atoms with Gasteiger partial charge >= 0.3 is 5.97 Å². The van der Waals surface area contributed by atoms with Crippen molar-refractivity contribution in [2.24, 2.45) is 5.92 Å². The van der Waals surface area contributed by atoms with Crippen LogP contribution in [0.1, 0.15) is 49.4 Å². The van der Waals surface area contributed by atoms with E-state index < -0.39 is 11.9 Å². The molecule has 1 aliphatic carbocycles. The van der Waals surface area contributed by atoms with Crippen LogP contribution < -0.4 is 0 Å². The van der Waals surface area contributed by atoms with E-state index in [9.17, 15) is 9.18 Å². The number of aromatic nitrogens is 1. The molecule has 18 heavy (non-hydrogen) atoms. The first kappa shape index (κ1) is 13.0. The third kappa shape index (κ3) is 2.86. The Morgan fingerprint density at radius 2 is 2.28 bits per heavy atom. The number of hydrogen-bond acceptors (Lipinski definition) is 3. The highest BCUT2D eigenvalue weighted by Gasteiger charge is 2.28. The Morgan fingerprint density at radius 1 is 1.50 bits per heavy atom. The fourth-order valence-corrected chi connectivity index (χ4v) is 2.54. The average Bonchev–Trinajstić information content (AvgIpc) is 2.39. The largest absolute Gasteiger partial charge is 0.458 e. The molecule has 0 bridgehead atoms. The van der Waals surface area contributed by atoms with Crippen molar-refractivity contribution in [1.29, 1.82) is 0 Å². The van der Waals surface area contributed by atoms with Gasteiger partial charge in [0, 0.05) is 6.20 Å². The molecule has 2 unspecified atom stereocenters. The monoisotopic (exact) mass is 251 g/mol. The topological polar surface area (TPSA) is 39.2 Å². The van der Waals surface area contributed by atoms with Crippen molar-refractivity contribution in [3.63, 3.8) is 0 Å². The molecule has 3 nitrogen and oxygen atoms in total.